The van der Waals surface area contributed by atoms with Gasteiger partial charge in [-0.1, -0.05) is 29.8 Å². The Balaban J connectivity index is 1.58. The van der Waals surface area contributed by atoms with E-state index in [0.29, 0.717) is 18.0 Å². The van der Waals surface area contributed by atoms with E-state index in [-0.39, 0.29) is 0 Å². The van der Waals surface area contributed by atoms with Gasteiger partial charge in [-0.2, -0.15) is 0 Å². The van der Waals surface area contributed by atoms with Crippen LogP contribution in [0.3, 0.4) is 0 Å². The molecule has 112 valence electrons. The molecule has 0 amide bonds. The molecular formula is C18H22ClNS. The van der Waals surface area contributed by atoms with Gasteiger partial charge in [0.2, 0.25) is 0 Å². The molecule has 0 spiro atoms. The predicted molar refractivity (Wildman–Crippen MR) is 92.6 cm³/mol. The van der Waals surface area contributed by atoms with E-state index in [0.717, 1.165) is 5.02 Å². The van der Waals surface area contributed by atoms with Gasteiger partial charge in [0.25, 0.3) is 0 Å². The fourth-order valence-corrected chi connectivity index (χ4v) is 4.65. The maximum Gasteiger partial charge on any atom is 0.0440 e. The lowest BCUT2D eigenvalue weighted by Crippen LogP contribution is -2.41. The molecule has 0 saturated heterocycles. The molecule has 1 saturated carbocycles. The molecule has 0 bridgehead atoms. The van der Waals surface area contributed by atoms with Gasteiger partial charge in [-0.05, 0) is 62.8 Å². The number of aryl methyl sites for hydroxylation is 2. The maximum atomic E-state index is 6.29. The monoisotopic (exact) mass is 319 g/mol. The third-order valence-electron chi connectivity index (χ3n) is 4.51. The summed E-state index contributed by atoms with van der Waals surface area (Å²) in [5.41, 5.74) is 2.77. The standard InChI is InChI=1S/C18H22ClNS/c1-11-8-17(13(3)21-11)12(2)20-15-9-14(10-15)16-6-4-5-7-18(16)19/h4-8,12,14-15,20H,9-10H2,1-3H3. The summed E-state index contributed by atoms with van der Waals surface area (Å²) in [7, 11) is 0. The van der Waals surface area contributed by atoms with Crippen LogP contribution in [0.15, 0.2) is 30.3 Å². The van der Waals surface area contributed by atoms with Crippen LogP contribution in [0.5, 0.6) is 0 Å². The summed E-state index contributed by atoms with van der Waals surface area (Å²) < 4.78 is 0. The van der Waals surface area contributed by atoms with Crippen LogP contribution >= 0.6 is 22.9 Å². The molecule has 1 aromatic carbocycles. The molecule has 1 fully saturated rings. The second-order valence-corrected chi connectivity index (χ2v) is 8.01. The number of halogens is 1. The third kappa shape index (κ3) is 3.18. The summed E-state index contributed by atoms with van der Waals surface area (Å²) in [6, 6.07) is 11.6. The minimum absolute atomic E-state index is 0.437. The van der Waals surface area contributed by atoms with Gasteiger partial charge in [-0.3, -0.25) is 0 Å². The first-order valence-corrected chi connectivity index (χ1v) is 8.81. The van der Waals surface area contributed by atoms with E-state index in [1.165, 1.54) is 33.7 Å². The number of hydrogen-bond donors (Lipinski definition) is 1. The molecule has 3 rings (SSSR count). The fraction of sp³-hybridized carbons (Fsp3) is 0.444. The summed E-state index contributed by atoms with van der Waals surface area (Å²) in [6.45, 7) is 6.68. The van der Waals surface area contributed by atoms with Crippen LogP contribution in [0.2, 0.25) is 5.02 Å². The van der Waals surface area contributed by atoms with Crippen molar-refractivity contribution in [2.75, 3.05) is 0 Å². The van der Waals surface area contributed by atoms with Gasteiger partial charge in [0, 0.05) is 26.9 Å². The molecule has 1 aliphatic rings. The normalized spacial score (nSPS) is 22.9. The fourth-order valence-electron chi connectivity index (χ4n) is 3.34. The van der Waals surface area contributed by atoms with Gasteiger partial charge < -0.3 is 5.32 Å². The molecule has 1 atom stereocenters. The van der Waals surface area contributed by atoms with E-state index in [1.807, 2.05) is 23.5 Å². The molecule has 1 unspecified atom stereocenters. The van der Waals surface area contributed by atoms with E-state index in [9.17, 15) is 0 Å². The Labute approximate surface area is 136 Å². The highest BCUT2D eigenvalue weighted by Crippen LogP contribution is 2.41. The van der Waals surface area contributed by atoms with Crippen molar-refractivity contribution >= 4 is 22.9 Å². The Morgan fingerprint density at radius 2 is 1.95 bits per heavy atom. The lowest BCUT2D eigenvalue weighted by molar-refractivity contribution is 0.271. The first-order chi connectivity index (χ1) is 10.0. The molecule has 2 aromatic rings. The summed E-state index contributed by atoms with van der Waals surface area (Å²) in [6.07, 6.45) is 2.38. The first kappa shape index (κ1) is 15.1. The highest BCUT2D eigenvalue weighted by Gasteiger charge is 2.32. The smallest absolute Gasteiger partial charge is 0.0440 e. The number of nitrogens with one attached hydrogen (secondary N) is 1. The largest absolute Gasteiger partial charge is 0.307 e. The molecule has 21 heavy (non-hydrogen) atoms. The van der Waals surface area contributed by atoms with Crippen molar-refractivity contribution in [2.24, 2.45) is 0 Å². The van der Waals surface area contributed by atoms with E-state index in [4.69, 9.17) is 11.6 Å². The summed E-state index contributed by atoms with van der Waals surface area (Å²) in [5.74, 6) is 0.619. The van der Waals surface area contributed by atoms with E-state index in [1.54, 1.807) is 0 Å². The molecular weight excluding hydrogens is 298 g/mol. The lowest BCUT2D eigenvalue weighted by atomic mass is 9.75. The zero-order valence-corrected chi connectivity index (χ0v) is 14.4. The van der Waals surface area contributed by atoms with Crippen LogP contribution in [-0.4, -0.2) is 6.04 Å². The predicted octanol–water partition coefficient (Wildman–Crippen LogP) is 5.62. The minimum atomic E-state index is 0.437. The summed E-state index contributed by atoms with van der Waals surface area (Å²) in [5, 5.41) is 4.68. The van der Waals surface area contributed by atoms with Gasteiger partial charge in [0.1, 0.15) is 0 Å². The average molecular weight is 320 g/mol. The van der Waals surface area contributed by atoms with Crippen molar-refractivity contribution in [3.8, 4) is 0 Å². The Hall–Kier alpha value is -0.830. The highest BCUT2D eigenvalue weighted by atomic mass is 35.5. The molecule has 1 aromatic heterocycles. The number of thiophene rings is 1. The van der Waals surface area contributed by atoms with Crippen LogP contribution in [0.4, 0.5) is 0 Å². The van der Waals surface area contributed by atoms with Crippen LogP contribution in [-0.2, 0) is 0 Å². The first-order valence-electron chi connectivity index (χ1n) is 7.62. The molecule has 0 aliphatic heterocycles. The van der Waals surface area contributed by atoms with Crippen molar-refractivity contribution in [3.63, 3.8) is 0 Å². The van der Waals surface area contributed by atoms with Crippen molar-refractivity contribution in [3.05, 3.63) is 56.2 Å². The summed E-state index contributed by atoms with van der Waals surface area (Å²) >= 11 is 8.18. The second-order valence-electron chi connectivity index (χ2n) is 6.14. The van der Waals surface area contributed by atoms with Crippen molar-refractivity contribution < 1.29 is 0 Å². The van der Waals surface area contributed by atoms with E-state index >= 15 is 0 Å². The van der Waals surface area contributed by atoms with Crippen molar-refractivity contribution in [1.82, 2.24) is 5.32 Å². The molecule has 0 radical (unpaired) electrons. The zero-order valence-electron chi connectivity index (χ0n) is 12.8. The van der Waals surface area contributed by atoms with E-state index in [2.05, 4.69) is 44.3 Å². The molecule has 1 N–H and O–H groups in total. The SMILES string of the molecule is Cc1cc(C(C)NC2CC(c3ccccc3Cl)C2)c(C)s1. The Morgan fingerprint density at radius 1 is 1.24 bits per heavy atom. The molecule has 3 heteroatoms. The number of hydrogen-bond acceptors (Lipinski definition) is 2. The molecule has 1 heterocycles. The average Bonchev–Trinajstić information content (AvgIpc) is 2.73. The van der Waals surface area contributed by atoms with Gasteiger partial charge in [-0.25, -0.2) is 0 Å². The van der Waals surface area contributed by atoms with Crippen molar-refractivity contribution in [2.45, 2.75) is 51.6 Å². The van der Waals surface area contributed by atoms with Gasteiger partial charge in [0.15, 0.2) is 0 Å². The quantitative estimate of drug-likeness (QED) is 0.771. The highest BCUT2D eigenvalue weighted by molar-refractivity contribution is 7.12. The Morgan fingerprint density at radius 3 is 2.57 bits per heavy atom. The van der Waals surface area contributed by atoms with Crippen LogP contribution in [0.1, 0.15) is 52.6 Å². The topological polar surface area (TPSA) is 12.0 Å². The van der Waals surface area contributed by atoms with Crippen LogP contribution < -0.4 is 5.32 Å². The number of rotatable bonds is 4. The van der Waals surface area contributed by atoms with Gasteiger partial charge in [0.05, 0.1) is 0 Å². The lowest BCUT2D eigenvalue weighted by Gasteiger charge is -2.38. The van der Waals surface area contributed by atoms with Gasteiger partial charge in [-0.15, -0.1) is 11.3 Å². The number of benzene rings is 1. The molecule has 1 nitrogen and oxygen atoms in total. The van der Waals surface area contributed by atoms with Crippen LogP contribution in [0.25, 0.3) is 0 Å². The van der Waals surface area contributed by atoms with Gasteiger partial charge >= 0.3 is 0 Å². The van der Waals surface area contributed by atoms with Crippen LogP contribution in [0, 0.1) is 13.8 Å². The van der Waals surface area contributed by atoms with Crippen molar-refractivity contribution in [1.29, 1.82) is 0 Å². The maximum absolute atomic E-state index is 6.29. The second kappa shape index (κ2) is 6.12. The molecule has 1 aliphatic carbocycles. The van der Waals surface area contributed by atoms with E-state index < -0.39 is 0 Å². The summed E-state index contributed by atoms with van der Waals surface area (Å²) in [4.78, 5) is 2.84. The minimum Gasteiger partial charge on any atom is -0.307 e. The Bertz CT molecular complexity index is 628. The zero-order chi connectivity index (χ0) is 15.0. The Kier molecular flexibility index (Phi) is 4.39. The third-order valence-corrected chi connectivity index (χ3v) is 5.84.